The molecule has 8 atom stereocenters. The van der Waals surface area contributed by atoms with Gasteiger partial charge in [0.15, 0.2) is 28.8 Å². The van der Waals surface area contributed by atoms with Gasteiger partial charge in [-0.25, -0.2) is 22.5 Å². The van der Waals surface area contributed by atoms with Crippen LogP contribution in [0.2, 0.25) is 0 Å². The van der Waals surface area contributed by atoms with Gasteiger partial charge in [0.05, 0.1) is 49.1 Å². The van der Waals surface area contributed by atoms with Gasteiger partial charge >= 0.3 is 5.97 Å². The van der Waals surface area contributed by atoms with E-state index in [2.05, 4.69) is 30.5 Å². The first-order valence-corrected chi connectivity index (χ1v) is 16.1. The van der Waals surface area contributed by atoms with Gasteiger partial charge in [-0.3, -0.25) is 4.79 Å². The van der Waals surface area contributed by atoms with Crippen molar-refractivity contribution in [3.8, 4) is 22.6 Å². The molecule has 0 radical (unpaired) electrons. The number of esters is 1. The third kappa shape index (κ3) is 7.16. The van der Waals surface area contributed by atoms with Crippen molar-refractivity contribution < 1.29 is 42.0 Å². The predicted octanol–water partition coefficient (Wildman–Crippen LogP) is 3.78. The van der Waals surface area contributed by atoms with E-state index in [0.29, 0.717) is 11.4 Å². The first-order valence-electron chi connectivity index (χ1n) is 15.1. The van der Waals surface area contributed by atoms with Gasteiger partial charge in [0.2, 0.25) is 0 Å². The molecule has 0 aliphatic carbocycles. The number of ether oxygens (including phenoxy) is 4. The molecule has 0 saturated carbocycles. The van der Waals surface area contributed by atoms with E-state index >= 15 is 0 Å². The van der Waals surface area contributed by atoms with Crippen LogP contribution in [0.4, 0.5) is 19.0 Å². The van der Waals surface area contributed by atoms with Crippen molar-refractivity contribution in [3.05, 3.63) is 71.6 Å². The van der Waals surface area contributed by atoms with Crippen LogP contribution in [-0.2, 0) is 23.7 Å². The quantitative estimate of drug-likeness (QED) is 0.154. The maximum atomic E-state index is 14.0. The lowest BCUT2D eigenvalue weighted by Gasteiger charge is -2.46. The van der Waals surface area contributed by atoms with Crippen LogP contribution in [0.1, 0.15) is 25.9 Å². The molecule has 18 heteroatoms. The number of halogens is 3. The van der Waals surface area contributed by atoms with Crippen LogP contribution in [0.3, 0.4) is 0 Å². The fourth-order valence-corrected chi connectivity index (χ4v) is 7.41. The normalized spacial score (nSPS) is 27.1. The van der Waals surface area contributed by atoms with E-state index in [4.69, 9.17) is 25.5 Å². The first-order chi connectivity index (χ1) is 23.6. The number of methoxy groups -OCH3 is 1. The highest BCUT2D eigenvalue weighted by molar-refractivity contribution is 8.00. The lowest BCUT2D eigenvalue weighted by molar-refractivity contribution is -0.172. The summed E-state index contributed by atoms with van der Waals surface area (Å²) in [5, 5.41) is 27.7. The van der Waals surface area contributed by atoms with Crippen LogP contribution in [0.5, 0.6) is 0 Å². The number of carbonyl (C=O) groups excluding carboxylic acids is 1. The molecule has 4 aromatic rings. The van der Waals surface area contributed by atoms with Crippen molar-refractivity contribution in [1.82, 2.24) is 35.0 Å². The first kappa shape index (κ1) is 34.5. The zero-order valence-corrected chi connectivity index (χ0v) is 27.2. The van der Waals surface area contributed by atoms with E-state index < -0.39 is 64.5 Å². The summed E-state index contributed by atoms with van der Waals surface area (Å²) in [7, 11) is 1.49. The van der Waals surface area contributed by atoms with Gasteiger partial charge in [0.25, 0.3) is 5.82 Å². The molecule has 14 nitrogen and oxygen atoms in total. The summed E-state index contributed by atoms with van der Waals surface area (Å²) in [5.74, 6) is -5.00. The van der Waals surface area contributed by atoms with Crippen LogP contribution in [0.25, 0.3) is 27.5 Å². The van der Waals surface area contributed by atoms with Crippen molar-refractivity contribution in [2.75, 3.05) is 26.9 Å². The maximum absolute atomic E-state index is 14.0. The van der Waals surface area contributed by atoms with Gasteiger partial charge in [0, 0.05) is 25.5 Å². The van der Waals surface area contributed by atoms with Crippen molar-refractivity contribution in [3.63, 3.8) is 0 Å². The topological polar surface area (TPSA) is 153 Å². The molecule has 0 bridgehead atoms. The Morgan fingerprint density at radius 3 is 2.53 bits per heavy atom. The SMILES string of the molecule is [C-]#[N+]c1cccc(-c2cn(C3COCC(SC4OC(COC(C)=O)C(C)C(n5cc(-c6cc(F)c(F)c(F)c6)nn5)C4OC)C3O)nn2)n1. The average Bonchev–Trinajstić information content (AvgIpc) is 3.79. The van der Waals surface area contributed by atoms with Crippen LogP contribution < -0.4 is 0 Å². The lowest BCUT2D eigenvalue weighted by Crippen LogP contribution is -2.54. The van der Waals surface area contributed by atoms with E-state index in [0.717, 1.165) is 12.1 Å². The summed E-state index contributed by atoms with van der Waals surface area (Å²) in [6.45, 7) is 10.6. The standard InChI is InChI=1S/C31H31F3N8O6S/c1-15-24(13-47-16(2)43)48-31(30(45-4)28(15)42-10-21(37-40-42)17-8-18(32)27(34)19(33)9-17)49-25-14-46-12-23(29(25)44)41-11-22(38-39-41)20-6-5-7-26(35-3)36-20/h5-11,15,23-25,28-31,44H,12-14H2,1-2,4H3. The molecule has 3 aromatic heterocycles. The fourth-order valence-electron chi connectivity index (χ4n) is 5.91. The minimum Gasteiger partial charge on any atom is -0.463 e. The minimum atomic E-state index is -1.59. The van der Waals surface area contributed by atoms with E-state index in [1.807, 2.05) is 6.92 Å². The molecule has 2 fully saturated rings. The Morgan fingerprint density at radius 1 is 1.10 bits per heavy atom. The molecule has 0 amide bonds. The van der Waals surface area contributed by atoms with E-state index in [1.165, 1.54) is 41.4 Å². The Kier molecular flexibility index (Phi) is 10.3. The highest BCUT2D eigenvalue weighted by Crippen LogP contribution is 2.43. The van der Waals surface area contributed by atoms with Gasteiger partial charge < -0.3 is 28.9 Å². The summed E-state index contributed by atoms with van der Waals surface area (Å²) < 4.78 is 68.2. The fraction of sp³-hybridized carbons (Fsp3) is 0.452. The van der Waals surface area contributed by atoms with Crippen molar-refractivity contribution in [2.24, 2.45) is 5.92 Å². The summed E-state index contributed by atoms with van der Waals surface area (Å²) in [5.41, 5.74) is 0.202. The number of hydrogen-bond donors (Lipinski definition) is 1. The number of aromatic nitrogens is 7. The zero-order valence-electron chi connectivity index (χ0n) is 26.4. The number of pyridine rings is 1. The summed E-state index contributed by atoms with van der Waals surface area (Å²) >= 11 is 1.26. The molecule has 2 aliphatic rings. The van der Waals surface area contributed by atoms with E-state index in [9.17, 15) is 23.1 Å². The average molecular weight is 701 g/mol. The number of aliphatic hydroxyl groups is 1. The van der Waals surface area contributed by atoms with Crippen molar-refractivity contribution in [2.45, 2.75) is 54.9 Å². The molecule has 6 rings (SSSR count). The lowest BCUT2D eigenvalue weighted by atomic mass is 9.89. The second kappa shape index (κ2) is 14.6. The summed E-state index contributed by atoms with van der Waals surface area (Å²) in [6.07, 6.45) is 0.748. The number of rotatable bonds is 9. The second-order valence-electron chi connectivity index (χ2n) is 11.6. The molecule has 8 unspecified atom stereocenters. The van der Waals surface area contributed by atoms with Gasteiger partial charge in [-0.15, -0.1) is 26.9 Å². The van der Waals surface area contributed by atoms with Crippen LogP contribution in [0.15, 0.2) is 42.7 Å². The van der Waals surface area contributed by atoms with E-state index in [-0.39, 0.29) is 42.8 Å². The molecule has 49 heavy (non-hydrogen) atoms. The van der Waals surface area contributed by atoms with Crippen LogP contribution in [0, 0.1) is 29.9 Å². The van der Waals surface area contributed by atoms with Crippen molar-refractivity contribution >= 4 is 23.5 Å². The Balaban J connectivity index is 1.25. The third-order valence-corrected chi connectivity index (χ3v) is 9.89. The Morgan fingerprint density at radius 2 is 1.82 bits per heavy atom. The number of thioether (sulfide) groups is 1. The molecule has 258 valence electrons. The summed E-state index contributed by atoms with van der Waals surface area (Å²) in [6, 6.07) is 5.43. The minimum absolute atomic E-state index is 0.0154. The van der Waals surface area contributed by atoms with Crippen LogP contribution >= 0.6 is 11.8 Å². The largest absolute Gasteiger partial charge is 0.463 e. The van der Waals surface area contributed by atoms with Crippen LogP contribution in [-0.4, -0.2) is 102 Å². The molecule has 1 N–H and O–H groups in total. The molecular weight excluding hydrogens is 669 g/mol. The molecule has 1 aromatic carbocycles. The van der Waals surface area contributed by atoms with E-state index in [1.54, 1.807) is 24.4 Å². The monoisotopic (exact) mass is 700 g/mol. The second-order valence-corrected chi connectivity index (χ2v) is 12.9. The number of benzene rings is 1. The smallest absolute Gasteiger partial charge is 0.302 e. The Hall–Kier alpha value is -4.41. The maximum Gasteiger partial charge on any atom is 0.302 e. The molecule has 2 saturated heterocycles. The number of aliphatic hydroxyl groups excluding tert-OH is 1. The highest BCUT2D eigenvalue weighted by atomic mass is 32.2. The Bertz CT molecular complexity index is 1830. The molecule has 2 aliphatic heterocycles. The number of nitrogens with zero attached hydrogens (tertiary/aromatic N) is 8. The summed E-state index contributed by atoms with van der Waals surface area (Å²) in [4.78, 5) is 19.3. The highest BCUT2D eigenvalue weighted by Gasteiger charge is 2.49. The van der Waals surface area contributed by atoms with Gasteiger partial charge in [-0.1, -0.05) is 30.0 Å². The Labute approximate surface area is 282 Å². The zero-order chi connectivity index (χ0) is 34.8. The molecule has 0 spiro atoms. The predicted molar refractivity (Wildman–Crippen MR) is 166 cm³/mol. The van der Waals surface area contributed by atoms with Gasteiger partial charge in [-0.05, 0) is 24.3 Å². The third-order valence-electron chi connectivity index (χ3n) is 8.47. The number of hydrogen-bond acceptors (Lipinski definition) is 12. The van der Waals surface area contributed by atoms with Gasteiger partial charge in [-0.2, -0.15) is 0 Å². The number of carbonyl (C=O) groups is 1. The van der Waals surface area contributed by atoms with Gasteiger partial charge in [0.1, 0.15) is 29.9 Å². The molecule has 5 heterocycles. The molecular formula is C31H31F3N8O6S. The van der Waals surface area contributed by atoms with Crippen molar-refractivity contribution in [1.29, 1.82) is 0 Å².